The summed E-state index contributed by atoms with van der Waals surface area (Å²) in [5.41, 5.74) is 1.96. The molecule has 3 N–H and O–H groups in total. The Labute approximate surface area is 107 Å². The Bertz CT molecular complexity index is 416. The molecule has 2 aliphatic heterocycles. The summed E-state index contributed by atoms with van der Waals surface area (Å²) in [6, 6.07) is 6.10. The van der Waals surface area contributed by atoms with E-state index in [0.29, 0.717) is 6.61 Å². The number of ether oxygens (including phenoxy) is 1. The van der Waals surface area contributed by atoms with E-state index in [9.17, 15) is 5.11 Å². The molecule has 0 amide bonds. The Morgan fingerprint density at radius 1 is 1.28 bits per heavy atom. The molecule has 3 rings (SSSR count). The molecule has 0 aliphatic carbocycles. The second-order valence-corrected chi connectivity index (χ2v) is 5.03. The van der Waals surface area contributed by atoms with Crippen LogP contribution in [-0.4, -0.2) is 30.8 Å². The highest BCUT2D eigenvalue weighted by molar-refractivity contribution is 5.59. The summed E-state index contributed by atoms with van der Waals surface area (Å²) in [7, 11) is 0. The highest BCUT2D eigenvalue weighted by Crippen LogP contribution is 2.32. The molecular weight excluding hydrogens is 228 g/mol. The van der Waals surface area contributed by atoms with Gasteiger partial charge in [0.25, 0.3) is 0 Å². The first-order chi connectivity index (χ1) is 8.84. The third kappa shape index (κ3) is 2.31. The fourth-order valence-corrected chi connectivity index (χ4v) is 2.72. The number of rotatable bonds is 2. The Morgan fingerprint density at radius 2 is 2.22 bits per heavy atom. The third-order valence-electron chi connectivity index (χ3n) is 3.75. The van der Waals surface area contributed by atoms with Gasteiger partial charge in [0.1, 0.15) is 12.4 Å². The fraction of sp³-hybridized carbons (Fsp3) is 0.571. The molecule has 18 heavy (non-hydrogen) atoms. The molecule has 2 unspecified atom stereocenters. The molecule has 4 nitrogen and oxygen atoms in total. The maximum absolute atomic E-state index is 10.4. The molecule has 2 heterocycles. The topological polar surface area (TPSA) is 53.5 Å². The molecule has 0 radical (unpaired) electrons. The van der Waals surface area contributed by atoms with Crippen molar-refractivity contribution in [2.75, 3.05) is 25.0 Å². The smallest absolute Gasteiger partial charge is 0.142 e. The molecule has 2 aliphatic rings. The lowest BCUT2D eigenvalue weighted by Crippen LogP contribution is -2.38. The molecule has 2 atom stereocenters. The molecule has 1 aromatic rings. The van der Waals surface area contributed by atoms with Gasteiger partial charge >= 0.3 is 0 Å². The fourth-order valence-electron chi connectivity index (χ4n) is 2.72. The maximum atomic E-state index is 10.4. The van der Waals surface area contributed by atoms with Crippen LogP contribution in [0.2, 0.25) is 0 Å². The summed E-state index contributed by atoms with van der Waals surface area (Å²) >= 11 is 0. The van der Waals surface area contributed by atoms with Crippen LogP contribution in [0.15, 0.2) is 18.2 Å². The van der Waals surface area contributed by atoms with Crippen molar-refractivity contribution >= 4 is 5.69 Å². The molecular formula is C14H20N2O2. The van der Waals surface area contributed by atoms with Crippen molar-refractivity contribution in [3.63, 3.8) is 0 Å². The van der Waals surface area contributed by atoms with Crippen molar-refractivity contribution in [1.29, 1.82) is 0 Å². The van der Waals surface area contributed by atoms with Gasteiger partial charge in [0, 0.05) is 12.6 Å². The number of benzene rings is 1. The Balaban J connectivity index is 1.78. The van der Waals surface area contributed by atoms with E-state index in [-0.39, 0.29) is 6.04 Å². The van der Waals surface area contributed by atoms with E-state index in [1.165, 1.54) is 12.8 Å². The van der Waals surface area contributed by atoms with Gasteiger partial charge in [-0.3, -0.25) is 0 Å². The van der Waals surface area contributed by atoms with Crippen molar-refractivity contribution in [2.24, 2.45) is 0 Å². The Kier molecular flexibility index (Phi) is 3.39. The molecule has 1 aromatic carbocycles. The van der Waals surface area contributed by atoms with Crippen LogP contribution in [0.1, 0.15) is 30.9 Å². The number of piperidine rings is 1. The zero-order valence-electron chi connectivity index (χ0n) is 10.5. The lowest BCUT2D eigenvalue weighted by atomic mass is 9.94. The molecule has 0 aromatic heterocycles. The van der Waals surface area contributed by atoms with Gasteiger partial charge in [-0.25, -0.2) is 0 Å². The van der Waals surface area contributed by atoms with Crippen LogP contribution in [0.3, 0.4) is 0 Å². The van der Waals surface area contributed by atoms with Crippen molar-refractivity contribution in [3.05, 3.63) is 23.8 Å². The summed E-state index contributed by atoms with van der Waals surface area (Å²) in [6.45, 7) is 2.54. The van der Waals surface area contributed by atoms with Gasteiger partial charge in [0.05, 0.1) is 11.8 Å². The predicted molar refractivity (Wildman–Crippen MR) is 71.0 cm³/mol. The molecule has 1 saturated heterocycles. The number of nitrogens with one attached hydrogen (secondary N) is 2. The van der Waals surface area contributed by atoms with Gasteiger partial charge in [-0.2, -0.15) is 0 Å². The molecule has 4 heteroatoms. The highest BCUT2D eigenvalue weighted by atomic mass is 16.5. The van der Waals surface area contributed by atoms with E-state index in [1.807, 2.05) is 18.2 Å². The van der Waals surface area contributed by atoms with Crippen molar-refractivity contribution in [1.82, 2.24) is 5.32 Å². The van der Waals surface area contributed by atoms with E-state index in [2.05, 4.69) is 10.6 Å². The largest absolute Gasteiger partial charge is 0.490 e. The molecule has 0 spiro atoms. The maximum Gasteiger partial charge on any atom is 0.142 e. The van der Waals surface area contributed by atoms with E-state index < -0.39 is 6.10 Å². The predicted octanol–water partition coefficient (Wildman–Crippen LogP) is 1.67. The molecule has 0 saturated carbocycles. The quantitative estimate of drug-likeness (QED) is 0.745. The summed E-state index contributed by atoms with van der Waals surface area (Å²) < 4.78 is 5.54. The highest BCUT2D eigenvalue weighted by Gasteiger charge is 2.23. The van der Waals surface area contributed by atoms with Gasteiger partial charge in [0.15, 0.2) is 0 Å². The minimum Gasteiger partial charge on any atom is -0.490 e. The third-order valence-corrected chi connectivity index (χ3v) is 3.75. The second kappa shape index (κ2) is 5.16. The monoisotopic (exact) mass is 248 g/mol. The molecule has 98 valence electrons. The van der Waals surface area contributed by atoms with Gasteiger partial charge in [0.2, 0.25) is 0 Å². The lowest BCUT2D eigenvalue weighted by Gasteiger charge is -2.29. The first-order valence-electron chi connectivity index (χ1n) is 6.77. The number of hydrogen-bond acceptors (Lipinski definition) is 4. The van der Waals surface area contributed by atoms with E-state index in [1.54, 1.807) is 0 Å². The standard InChI is InChI=1S/C14H20N2O2/c17-14(11-3-1-2-6-15-11)10-4-5-13-12(9-10)16-7-8-18-13/h4-5,9,11,14-17H,1-3,6-8H2. The second-order valence-electron chi connectivity index (χ2n) is 5.03. The van der Waals surface area contributed by atoms with Gasteiger partial charge in [-0.05, 0) is 37.1 Å². The SMILES string of the molecule is OC(c1ccc2c(c1)NCCO2)C1CCCCN1. The van der Waals surface area contributed by atoms with E-state index in [0.717, 1.165) is 36.5 Å². The number of hydrogen-bond donors (Lipinski definition) is 3. The average Bonchev–Trinajstić information content (AvgIpc) is 2.47. The lowest BCUT2D eigenvalue weighted by molar-refractivity contribution is 0.114. The van der Waals surface area contributed by atoms with Crippen molar-refractivity contribution in [2.45, 2.75) is 31.4 Å². The zero-order chi connectivity index (χ0) is 12.4. The van der Waals surface area contributed by atoms with Crippen molar-refractivity contribution in [3.8, 4) is 5.75 Å². The normalized spacial score (nSPS) is 24.6. The van der Waals surface area contributed by atoms with Crippen LogP contribution in [0.5, 0.6) is 5.75 Å². The number of aliphatic hydroxyl groups is 1. The van der Waals surface area contributed by atoms with Gasteiger partial charge < -0.3 is 20.5 Å². The van der Waals surface area contributed by atoms with Crippen molar-refractivity contribution < 1.29 is 9.84 Å². The van der Waals surface area contributed by atoms with Crippen LogP contribution in [0.4, 0.5) is 5.69 Å². The summed E-state index contributed by atoms with van der Waals surface area (Å²) in [4.78, 5) is 0. The van der Waals surface area contributed by atoms with Gasteiger partial charge in [-0.15, -0.1) is 0 Å². The van der Waals surface area contributed by atoms with Crippen LogP contribution >= 0.6 is 0 Å². The summed E-state index contributed by atoms with van der Waals surface area (Å²) in [5, 5.41) is 17.1. The number of fused-ring (bicyclic) bond motifs is 1. The average molecular weight is 248 g/mol. The van der Waals surface area contributed by atoms with Crippen LogP contribution in [0, 0.1) is 0 Å². The van der Waals surface area contributed by atoms with E-state index >= 15 is 0 Å². The minimum absolute atomic E-state index is 0.182. The minimum atomic E-state index is -0.431. The zero-order valence-corrected chi connectivity index (χ0v) is 10.5. The van der Waals surface area contributed by atoms with E-state index in [4.69, 9.17) is 4.74 Å². The summed E-state index contributed by atoms with van der Waals surface area (Å²) in [5.74, 6) is 0.883. The molecule has 0 bridgehead atoms. The van der Waals surface area contributed by atoms with Crippen LogP contribution in [-0.2, 0) is 0 Å². The number of aliphatic hydroxyl groups excluding tert-OH is 1. The Hall–Kier alpha value is -1.26. The first-order valence-corrected chi connectivity index (χ1v) is 6.77. The van der Waals surface area contributed by atoms with Crippen LogP contribution in [0.25, 0.3) is 0 Å². The number of anilines is 1. The van der Waals surface area contributed by atoms with Crippen LogP contribution < -0.4 is 15.4 Å². The summed E-state index contributed by atoms with van der Waals surface area (Å²) in [6.07, 6.45) is 3.02. The first kappa shape index (κ1) is 11.8. The van der Waals surface area contributed by atoms with Gasteiger partial charge in [-0.1, -0.05) is 12.5 Å². The molecule has 1 fully saturated rings. The Morgan fingerprint density at radius 3 is 3.06 bits per heavy atom.